The number of benzene rings is 3. The number of amides is 1. The predicted molar refractivity (Wildman–Crippen MR) is 126 cm³/mol. The van der Waals surface area contributed by atoms with Gasteiger partial charge in [0.1, 0.15) is 0 Å². The second-order valence-electron chi connectivity index (χ2n) is 7.50. The first-order valence-corrected chi connectivity index (χ1v) is 11.8. The Labute approximate surface area is 194 Å². The third-order valence-electron chi connectivity index (χ3n) is 5.45. The molecular weight excluding hydrogens is 440 g/mol. The summed E-state index contributed by atoms with van der Waals surface area (Å²) in [5.41, 5.74) is 1.65. The molecule has 0 aliphatic heterocycles. The summed E-state index contributed by atoms with van der Waals surface area (Å²) >= 11 is 0. The summed E-state index contributed by atoms with van der Waals surface area (Å²) in [7, 11) is -0.674. The van der Waals surface area contributed by atoms with Gasteiger partial charge in [-0.3, -0.25) is 9.10 Å². The molecule has 0 saturated carbocycles. The number of sulfonamides is 1. The van der Waals surface area contributed by atoms with Crippen molar-refractivity contribution in [3.8, 4) is 0 Å². The number of anilines is 1. The fourth-order valence-electron chi connectivity index (χ4n) is 3.18. The van der Waals surface area contributed by atoms with Crippen LogP contribution in [-0.2, 0) is 19.6 Å². The zero-order chi connectivity index (χ0) is 24.0. The third kappa shape index (κ3) is 5.59. The van der Waals surface area contributed by atoms with Crippen LogP contribution >= 0.6 is 0 Å². The van der Waals surface area contributed by atoms with Gasteiger partial charge in [0.2, 0.25) is 0 Å². The minimum Gasteiger partial charge on any atom is -0.452 e. The van der Waals surface area contributed by atoms with E-state index in [4.69, 9.17) is 4.74 Å². The zero-order valence-corrected chi connectivity index (χ0v) is 19.5. The monoisotopic (exact) mass is 466 g/mol. The van der Waals surface area contributed by atoms with Crippen molar-refractivity contribution < 1.29 is 22.7 Å². The van der Waals surface area contributed by atoms with E-state index in [0.29, 0.717) is 5.69 Å². The molecule has 1 unspecified atom stereocenters. The number of hydrogen-bond donors (Lipinski definition) is 0. The van der Waals surface area contributed by atoms with Crippen molar-refractivity contribution in [2.24, 2.45) is 0 Å². The molecule has 0 saturated heterocycles. The van der Waals surface area contributed by atoms with Gasteiger partial charge in [0.05, 0.1) is 22.2 Å². The molecule has 7 nitrogen and oxygen atoms in total. The van der Waals surface area contributed by atoms with Crippen LogP contribution in [0.1, 0.15) is 28.9 Å². The second-order valence-corrected chi connectivity index (χ2v) is 9.47. The minimum atomic E-state index is -3.79. The molecule has 0 heterocycles. The van der Waals surface area contributed by atoms with Gasteiger partial charge in [0.15, 0.2) is 6.61 Å². The number of carbonyl (C=O) groups is 2. The molecule has 0 fully saturated rings. The zero-order valence-electron chi connectivity index (χ0n) is 18.7. The number of nitrogens with zero attached hydrogens (tertiary/aromatic N) is 2. The Bertz CT molecular complexity index is 1200. The van der Waals surface area contributed by atoms with Gasteiger partial charge in [-0.1, -0.05) is 48.5 Å². The highest BCUT2D eigenvalue weighted by Crippen LogP contribution is 2.22. The summed E-state index contributed by atoms with van der Waals surface area (Å²) in [5.74, 6) is -1.05. The molecule has 0 aliphatic carbocycles. The lowest BCUT2D eigenvalue weighted by Crippen LogP contribution is -2.33. The van der Waals surface area contributed by atoms with Crippen molar-refractivity contribution in [1.82, 2.24) is 4.90 Å². The van der Waals surface area contributed by atoms with Gasteiger partial charge in [-0.2, -0.15) is 0 Å². The minimum absolute atomic E-state index is 0.0397. The van der Waals surface area contributed by atoms with E-state index < -0.39 is 22.6 Å². The third-order valence-corrected chi connectivity index (χ3v) is 7.25. The van der Waals surface area contributed by atoms with Crippen LogP contribution in [-0.4, -0.2) is 45.9 Å². The summed E-state index contributed by atoms with van der Waals surface area (Å²) in [4.78, 5) is 26.4. The van der Waals surface area contributed by atoms with Crippen LogP contribution in [0.3, 0.4) is 0 Å². The fourth-order valence-corrected chi connectivity index (χ4v) is 4.38. The Morgan fingerprint density at radius 2 is 1.39 bits per heavy atom. The highest BCUT2D eigenvalue weighted by Gasteiger charge is 2.22. The van der Waals surface area contributed by atoms with E-state index in [9.17, 15) is 18.0 Å². The van der Waals surface area contributed by atoms with Crippen molar-refractivity contribution in [3.63, 3.8) is 0 Å². The molecule has 8 heteroatoms. The first-order valence-electron chi connectivity index (χ1n) is 10.3. The number of esters is 1. The largest absolute Gasteiger partial charge is 0.452 e. The van der Waals surface area contributed by atoms with Crippen LogP contribution in [0.5, 0.6) is 0 Å². The first-order chi connectivity index (χ1) is 15.7. The Morgan fingerprint density at radius 3 is 1.97 bits per heavy atom. The quantitative estimate of drug-likeness (QED) is 0.471. The predicted octanol–water partition coefficient (Wildman–Crippen LogP) is 3.89. The number of rotatable bonds is 8. The lowest BCUT2D eigenvalue weighted by atomic mass is 10.1. The van der Waals surface area contributed by atoms with E-state index in [-0.39, 0.29) is 22.4 Å². The first kappa shape index (κ1) is 24.0. The lowest BCUT2D eigenvalue weighted by Gasteiger charge is -2.25. The highest BCUT2D eigenvalue weighted by atomic mass is 32.2. The number of hydrogen-bond acceptors (Lipinski definition) is 5. The molecule has 0 bridgehead atoms. The number of carbonyl (C=O) groups excluding carboxylic acids is 2. The molecule has 0 aliphatic rings. The van der Waals surface area contributed by atoms with Gasteiger partial charge >= 0.3 is 5.97 Å². The van der Waals surface area contributed by atoms with Crippen LogP contribution in [0.2, 0.25) is 0 Å². The van der Waals surface area contributed by atoms with Crippen LogP contribution < -0.4 is 4.31 Å². The van der Waals surface area contributed by atoms with Gasteiger partial charge in [-0.05, 0) is 48.9 Å². The maximum Gasteiger partial charge on any atom is 0.338 e. The number of likely N-dealkylation sites (N-methyl/N-ethyl adjacent to an activating group) is 1. The highest BCUT2D eigenvalue weighted by molar-refractivity contribution is 7.92. The van der Waals surface area contributed by atoms with Gasteiger partial charge < -0.3 is 9.64 Å². The van der Waals surface area contributed by atoms with E-state index >= 15 is 0 Å². The number of ether oxygens (including phenoxy) is 1. The molecule has 33 heavy (non-hydrogen) atoms. The summed E-state index contributed by atoms with van der Waals surface area (Å²) in [5, 5.41) is 0. The van der Waals surface area contributed by atoms with Crippen molar-refractivity contribution in [1.29, 1.82) is 0 Å². The van der Waals surface area contributed by atoms with Crippen molar-refractivity contribution in [2.45, 2.75) is 17.9 Å². The normalized spacial score (nSPS) is 12.0. The summed E-state index contributed by atoms with van der Waals surface area (Å²) < 4.78 is 32.0. The van der Waals surface area contributed by atoms with Gasteiger partial charge in [-0.25, -0.2) is 13.2 Å². The Balaban J connectivity index is 1.61. The maximum atomic E-state index is 12.8. The van der Waals surface area contributed by atoms with E-state index in [0.717, 1.165) is 5.56 Å². The van der Waals surface area contributed by atoms with Gasteiger partial charge in [-0.15, -0.1) is 0 Å². The maximum absolute atomic E-state index is 12.8. The average Bonchev–Trinajstić information content (AvgIpc) is 2.86. The van der Waals surface area contributed by atoms with Crippen LogP contribution in [0.4, 0.5) is 5.69 Å². The molecule has 0 N–H and O–H groups in total. The summed E-state index contributed by atoms with van der Waals surface area (Å²) in [6.07, 6.45) is 0. The van der Waals surface area contributed by atoms with E-state index in [2.05, 4.69) is 0 Å². The second kappa shape index (κ2) is 10.3. The smallest absolute Gasteiger partial charge is 0.338 e. The SMILES string of the molecule is CC(c1ccccc1)N(C)C(=O)COC(=O)c1ccc(S(=O)(=O)N(C)c2ccccc2)cc1. The van der Waals surface area contributed by atoms with Crippen LogP contribution in [0.15, 0.2) is 89.8 Å². The van der Waals surface area contributed by atoms with Gasteiger partial charge in [0, 0.05) is 14.1 Å². The van der Waals surface area contributed by atoms with Crippen molar-refractivity contribution >= 4 is 27.6 Å². The Morgan fingerprint density at radius 1 is 0.848 bits per heavy atom. The lowest BCUT2D eigenvalue weighted by molar-refractivity contribution is -0.135. The molecule has 3 aromatic carbocycles. The molecular formula is C25H26N2O5S. The van der Waals surface area contributed by atoms with Crippen LogP contribution in [0.25, 0.3) is 0 Å². The number of para-hydroxylation sites is 1. The standard InChI is InChI=1S/C25H26N2O5S/c1-19(20-10-6-4-7-11-20)26(2)24(28)18-32-25(29)21-14-16-23(17-15-21)33(30,31)27(3)22-12-8-5-9-13-22/h4-17,19H,18H2,1-3H3. The molecule has 1 atom stereocenters. The topological polar surface area (TPSA) is 84.0 Å². The van der Waals surface area contributed by atoms with Crippen molar-refractivity contribution in [3.05, 3.63) is 96.1 Å². The van der Waals surface area contributed by atoms with E-state index in [1.165, 1.54) is 40.5 Å². The molecule has 0 radical (unpaired) electrons. The molecule has 0 aromatic heterocycles. The summed E-state index contributed by atoms with van der Waals surface area (Å²) in [6, 6.07) is 23.5. The van der Waals surface area contributed by atoms with Gasteiger partial charge in [0.25, 0.3) is 15.9 Å². The van der Waals surface area contributed by atoms with E-state index in [1.807, 2.05) is 37.3 Å². The molecule has 3 aromatic rings. The van der Waals surface area contributed by atoms with Crippen molar-refractivity contribution in [2.75, 3.05) is 25.0 Å². The average molecular weight is 467 g/mol. The molecule has 0 spiro atoms. The fraction of sp³-hybridized carbons (Fsp3) is 0.200. The molecule has 3 rings (SSSR count). The Hall–Kier alpha value is -3.65. The molecule has 1 amide bonds. The Kier molecular flexibility index (Phi) is 7.50. The summed E-state index contributed by atoms with van der Waals surface area (Å²) in [6.45, 7) is 1.48. The molecule has 172 valence electrons. The van der Waals surface area contributed by atoms with E-state index in [1.54, 1.807) is 37.4 Å². The van der Waals surface area contributed by atoms with Crippen LogP contribution in [0, 0.1) is 0 Å².